The number of nitrogens with two attached hydrogens (primary N) is 1. The number of fused-ring (bicyclic) bond motifs is 1. The molecule has 0 spiro atoms. The summed E-state index contributed by atoms with van der Waals surface area (Å²) in [5.74, 6) is -1.37. The van der Waals surface area contributed by atoms with Crippen molar-refractivity contribution in [2.75, 3.05) is 12.8 Å². The number of halogens is 2. The third-order valence-corrected chi connectivity index (χ3v) is 3.31. The van der Waals surface area contributed by atoms with Gasteiger partial charge in [0.25, 0.3) is 0 Å². The molecule has 0 radical (unpaired) electrons. The number of hydrogen-bond donors (Lipinski definition) is 1. The van der Waals surface area contributed by atoms with Gasteiger partial charge in [0.2, 0.25) is 5.95 Å². The maximum absolute atomic E-state index is 14.2. The molecule has 2 N–H and O–H groups in total. The van der Waals surface area contributed by atoms with E-state index >= 15 is 0 Å². The highest BCUT2D eigenvalue weighted by Gasteiger charge is 2.19. The van der Waals surface area contributed by atoms with Crippen molar-refractivity contribution >= 4 is 17.0 Å². The van der Waals surface area contributed by atoms with E-state index in [0.717, 1.165) is 11.6 Å². The molecule has 0 atom stereocenters. The summed E-state index contributed by atoms with van der Waals surface area (Å²) in [6.07, 6.45) is 0. The first-order chi connectivity index (χ1) is 10.0. The Balaban J connectivity index is 2.43. The number of ether oxygens (including phenoxy) is 1. The molecular formula is C15H13F2N3O. The number of aromatic nitrogens is 2. The number of methoxy groups -OCH3 is 1. The van der Waals surface area contributed by atoms with Crippen LogP contribution in [0.1, 0.15) is 5.56 Å². The fraction of sp³-hybridized carbons (Fsp3) is 0.133. The molecular weight excluding hydrogens is 276 g/mol. The molecule has 4 nitrogen and oxygen atoms in total. The van der Waals surface area contributed by atoms with E-state index < -0.39 is 11.6 Å². The van der Waals surface area contributed by atoms with Crippen molar-refractivity contribution in [3.8, 4) is 11.4 Å². The third-order valence-electron chi connectivity index (χ3n) is 3.31. The molecule has 2 aromatic carbocycles. The lowest BCUT2D eigenvalue weighted by atomic mass is 10.2. The van der Waals surface area contributed by atoms with Gasteiger partial charge in [0.15, 0.2) is 11.6 Å². The van der Waals surface area contributed by atoms with Gasteiger partial charge >= 0.3 is 0 Å². The second-order valence-corrected chi connectivity index (χ2v) is 4.71. The molecule has 0 fully saturated rings. The van der Waals surface area contributed by atoms with Crippen molar-refractivity contribution in [1.82, 2.24) is 9.55 Å². The normalized spacial score (nSPS) is 11.0. The van der Waals surface area contributed by atoms with Crippen LogP contribution in [0.2, 0.25) is 0 Å². The van der Waals surface area contributed by atoms with Crippen molar-refractivity contribution in [2.45, 2.75) is 6.92 Å². The topological polar surface area (TPSA) is 53.1 Å². The molecule has 0 bridgehead atoms. The van der Waals surface area contributed by atoms with Crippen LogP contribution in [0.4, 0.5) is 14.7 Å². The number of nitrogens with zero attached hydrogens (tertiary/aromatic N) is 2. The van der Waals surface area contributed by atoms with Crippen LogP contribution >= 0.6 is 0 Å². The summed E-state index contributed by atoms with van der Waals surface area (Å²) >= 11 is 0. The molecule has 6 heteroatoms. The van der Waals surface area contributed by atoms with Gasteiger partial charge in [-0.05, 0) is 36.8 Å². The lowest BCUT2D eigenvalue weighted by Crippen LogP contribution is -2.04. The Kier molecular flexibility index (Phi) is 3.01. The lowest BCUT2D eigenvalue weighted by Gasteiger charge is -2.12. The van der Waals surface area contributed by atoms with Crippen molar-refractivity contribution in [1.29, 1.82) is 0 Å². The molecule has 21 heavy (non-hydrogen) atoms. The molecule has 0 saturated heterocycles. The fourth-order valence-corrected chi connectivity index (χ4v) is 2.34. The first-order valence-electron chi connectivity index (χ1n) is 6.30. The van der Waals surface area contributed by atoms with Gasteiger partial charge in [-0.2, -0.15) is 0 Å². The molecule has 0 aliphatic heterocycles. The smallest absolute Gasteiger partial charge is 0.206 e. The molecule has 3 rings (SSSR count). The van der Waals surface area contributed by atoms with Crippen LogP contribution in [0, 0.1) is 18.6 Å². The fourth-order valence-electron chi connectivity index (χ4n) is 2.34. The number of nitrogen functional groups attached to an aromatic ring is 1. The van der Waals surface area contributed by atoms with Gasteiger partial charge in [-0.25, -0.2) is 13.8 Å². The molecule has 0 unspecified atom stereocenters. The second-order valence-electron chi connectivity index (χ2n) is 4.71. The summed E-state index contributed by atoms with van der Waals surface area (Å²) in [7, 11) is 1.50. The Bertz CT molecular complexity index is 843. The molecule has 0 aliphatic rings. The minimum Gasteiger partial charge on any atom is -0.495 e. The van der Waals surface area contributed by atoms with Gasteiger partial charge in [0.1, 0.15) is 11.3 Å². The molecule has 0 amide bonds. The highest BCUT2D eigenvalue weighted by Crippen LogP contribution is 2.32. The Morgan fingerprint density at radius 1 is 1.19 bits per heavy atom. The zero-order valence-corrected chi connectivity index (χ0v) is 11.5. The van der Waals surface area contributed by atoms with Crippen LogP contribution in [0.25, 0.3) is 16.7 Å². The highest BCUT2D eigenvalue weighted by atomic mass is 19.2. The maximum atomic E-state index is 14.2. The van der Waals surface area contributed by atoms with Crippen LogP contribution in [0.3, 0.4) is 0 Å². The standard InChI is InChI=1S/C15H13F2N3O/c1-8-3-6-12(21-2)11(7-8)20-14-10(19-15(20)18)5-4-9(16)13(14)17/h3-7H,1-2H3,(H2,18,19). The molecule has 1 aromatic heterocycles. The van der Waals surface area contributed by atoms with Crippen LogP contribution in [0.5, 0.6) is 5.75 Å². The minimum atomic E-state index is -0.986. The van der Waals surface area contributed by atoms with Crippen LogP contribution in [-0.4, -0.2) is 16.7 Å². The van der Waals surface area contributed by atoms with Crippen LogP contribution < -0.4 is 10.5 Å². The van der Waals surface area contributed by atoms with Gasteiger partial charge in [-0.1, -0.05) is 6.07 Å². The molecule has 3 aromatic rings. The quantitative estimate of drug-likeness (QED) is 0.788. The van der Waals surface area contributed by atoms with Gasteiger partial charge in [0.05, 0.1) is 18.3 Å². The first-order valence-corrected chi connectivity index (χ1v) is 6.30. The zero-order chi connectivity index (χ0) is 15.1. The summed E-state index contributed by atoms with van der Waals surface area (Å²) in [6.45, 7) is 1.88. The third kappa shape index (κ3) is 1.99. The van der Waals surface area contributed by atoms with E-state index in [4.69, 9.17) is 10.5 Å². The Labute approximate surface area is 119 Å². The average molecular weight is 289 g/mol. The molecule has 108 valence electrons. The zero-order valence-electron chi connectivity index (χ0n) is 11.5. The van der Waals surface area contributed by atoms with Crippen molar-refractivity contribution in [3.05, 3.63) is 47.5 Å². The van der Waals surface area contributed by atoms with Gasteiger partial charge < -0.3 is 10.5 Å². The van der Waals surface area contributed by atoms with E-state index in [1.165, 1.54) is 17.7 Å². The van der Waals surface area contributed by atoms with Crippen molar-refractivity contribution in [2.24, 2.45) is 0 Å². The molecule has 0 saturated carbocycles. The number of benzene rings is 2. The molecule has 1 heterocycles. The average Bonchev–Trinajstić information content (AvgIpc) is 2.80. The van der Waals surface area contributed by atoms with E-state index in [-0.39, 0.29) is 17.0 Å². The first kappa shape index (κ1) is 13.4. The lowest BCUT2D eigenvalue weighted by molar-refractivity contribution is 0.413. The number of anilines is 1. The van der Waals surface area contributed by atoms with E-state index in [1.54, 1.807) is 12.1 Å². The number of rotatable bonds is 2. The second kappa shape index (κ2) is 4.73. The largest absolute Gasteiger partial charge is 0.495 e. The Morgan fingerprint density at radius 2 is 1.95 bits per heavy atom. The summed E-state index contributed by atoms with van der Waals surface area (Å²) in [6, 6.07) is 7.80. The number of hydrogen-bond acceptors (Lipinski definition) is 3. The summed E-state index contributed by atoms with van der Waals surface area (Å²) in [4.78, 5) is 4.08. The monoisotopic (exact) mass is 289 g/mol. The highest BCUT2D eigenvalue weighted by molar-refractivity contribution is 5.82. The minimum absolute atomic E-state index is 0.00333. The van der Waals surface area contributed by atoms with Gasteiger partial charge in [-0.15, -0.1) is 0 Å². The summed E-state index contributed by atoms with van der Waals surface area (Å²) in [5, 5.41) is 0. The van der Waals surface area contributed by atoms with Crippen molar-refractivity contribution < 1.29 is 13.5 Å². The summed E-state index contributed by atoms with van der Waals surface area (Å²) in [5.41, 5.74) is 7.62. The van der Waals surface area contributed by atoms with Gasteiger partial charge in [0, 0.05) is 0 Å². The van der Waals surface area contributed by atoms with E-state index in [1.807, 2.05) is 13.0 Å². The Hall–Kier alpha value is -2.63. The predicted molar refractivity (Wildman–Crippen MR) is 76.7 cm³/mol. The summed E-state index contributed by atoms with van der Waals surface area (Å²) < 4.78 is 34.3. The predicted octanol–water partition coefficient (Wildman–Crippen LogP) is 3.20. The van der Waals surface area contributed by atoms with Crippen molar-refractivity contribution in [3.63, 3.8) is 0 Å². The maximum Gasteiger partial charge on any atom is 0.206 e. The number of imidazole rings is 1. The SMILES string of the molecule is COc1ccc(C)cc1-n1c(N)nc2ccc(F)c(F)c21. The van der Waals surface area contributed by atoms with E-state index in [0.29, 0.717) is 11.4 Å². The van der Waals surface area contributed by atoms with E-state index in [2.05, 4.69) is 4.98 Å². The number of aryl methyl sites for hydroxylation is 1. The Morgan fingerprint density at radius 3 is 2.67 bits per heavy atom. The van der Waals surface area contributed by atoms with E-state index in [9.17, 15) is 8.78 Å². The molecule has 0 aliphatic carbocycles. The van der Waals surface area contributed by atoms with Crippen LogP contribution in [-0.2, 0) is 0 Å². The van der Waals surface area contributed by atoms with Crippen LogP contribution in [0.15, 0.2) is 30.3 Å². The van der Waals surface area contributed by atoms with Gasteiger partial charge in [-0.3, -0.25) is 4.57 Å².